The summed E-state index contributed by atoms with van der Waals surface area (Å²) in [5, 5.41) is 6.05. The zero-order valence-corrected chi connectivity index (χ0v) is 15.7. The molecule has 1 N–H and O–H groups in total. The Morgan fingerprint density at radius 1 is 1.13 bits per heavy atom. The van der Waals surface area contributed by atoms with Gasteiger partial charge in [0.25, 0.3) is 11.7 Å². The van der Waals surface area contributed by atoms with Gasteiger partial charge in [0.05, 0.1) is 24.6 Å². The summed E-state index contributed by atoms with van der Waals surface area (Å²) in [6.07, 6.45) is -3.52. The summed E-state index contributed by atoms with van der Waals surface area (Å²) in [6.45, 7) is 0. The Kier molecular flexibility index (Phi) is 4.89. The van der Waals surface area contributed by atoms with Gasteiger partial charge in [-0.25, -0.2) is 9.78 Å². The summed E-state index contributed by atoms with van der Waals surface area (Å²) in [6, 6.07) is 9.63. The maximum Gasteiger partial charge on any atom is 0.433 e. The fraction of sp³-hybridized carbons (Fsp3) is 0.105. The van der Waals surface area contributed by atoms with Gasteiger partial charge in [0, 0.05) is 0 Å². The van der Waals surface area contributed by atoms with Crippen LogP contribution in [0.2, 0.25) is 0 Å². The van der Waals surface area contributed by atoms with Crippen molar-refractivity contribution in [2.24, 2.45) is 0 Å². The summed E-state index contributed by atoms with van der Waals surface area (Å²) in [5.41, 5.74) is -1.18. The highest BCUT2D eigenvalue weighted by Crippen LogP contribution is 2.32. The fourth-order valence-corrected chi connectivity index (χ4v) is 2.78. The topological polar surface area (TPSA) is 112 Å². The third kappa shape index (κ3) is 3.82. The first-order chi connectivity index (χ1) is 14.8. The molecule has 3 aromatic heterocycles. The van der Waals surface area contributed by atoms with Gasteiger partial charge in [0.1, 0.15) is 5.69 Å². The maximum atomic E-state index is 13.6. The molecule has 0 aliphatic carbocycles. The molecule has 4 rings (SSSR count). The summed E-state index contributed by atoms with van der Waals surface area (Å²) < 4.78 is 50.9. The minimum Gasteiger partial charge on any atom is -0.465 e. The number of methoxy groups -OCH3 is 1. The van der Waals surface area contributed by atoms with E-state index < -0.39 is 35.3 Å². The molecule has 0 saturated heterocycles. The molecule has 0 radical (unpaired) electrons. The zero-order chi connectivity index (χ0) is 22.2. The van der Waals surface area contributed by atoms with E-state index in [0.29, 0.717) is 4.52 Å². The minimum absolute atomic E-state index is 0.0522. The molecule has 0 aliphatic rings. The number of halogens is 3. The lowest BCUT2D eigenvalue weighted by molar-refractivity contribution is -0.142. The van der Waals surface area contributed by atoms with Crippen molar-refractivity contribution in [2.45, 2.75) is 6.18 Å². The lowest BCUT2D eigenvalue weighted by Crippen LogP contribution is -2.17. The molecule has 0 aliphatic heterocycles. The van der Waals surface area contributed by atoms with E-state index in [1.54, 1.807) is 12.1 Å². The number of nitrogens with zero attached hydrogens (tertiary/aromatic N) is 4. The molecular weight excluding hydrogens is 419 g/mol. The van der Waals surface area contributed by atoms with Crippen LogP contribution in [0.5, 0.6) is 0 Å². The van der Waals surface area contributed by atoms with Crippen molar-refractivity contribution >= 4 is 23.3 Å². The molecule has 158 valence electrons. The fourth-order valence-electron chi connectivity index (χ4n) is 2.78. The number of hydrogen-bond donors (Lipinski definition) is 1. The van der Waals surface area contributed by atoms with Crippen molar-refractivity contribution in [1.82, 2.24) is 19.6 Å². The molecule has 1 amide bonds. The number of carbonyl (C=O) groups excluding carboxylic acids is 2. The van der Waals surface area contributed by atoms with E-state index in [1.165, 1.54) is 37.6 Å². The predicted molar refractivity (Wildman–Crippen MR) is 99.2 cm³/mol. The first-order valence-corrected chi connectivity index (χ1v) is 8.65. The van der Waals surface area contributed by atoms with Crippen LogP contribution < -0.4 is 5.32 Å². The largest absolute Gasteiger partial charge is 0.465 e. The Morgan fingerprint density at radius 2 is 1.90 bits per heavy atom. The van der Waals surface area contributed by atoms with Crippen LogP contribution >= 0.6 is 0 Å². The molecule has 9 nitrogen and oxygen atoms in total. The van der Waals surface area contributed by atoms with Crippen LogP contribution in [0.3, 0.4) is 0 Å². The number of fused-ring (bicyclic) bond motifs is 1. The molecule has 0 spiro atoms. The van der Waals surface area contributed by atoms with Crippen molar-refractivity contribution in [1.29, 1.82) is 0 Å². The zero-order valence-electron chi connectivity index (χ0n) is 15.7. The molecule has 4 aromatic rings. The van der Waals surface area contributed by atoms with E-state index in [-0.39, 0.29) is 22.7 Å². The summed E-state index contributed by atoms with van der Waals surface area (Å²) in [7, 11) is 1.17. The lowest BCUT2D eigenvalue weighted by Gasteiger charge is -2.09. The van der Waals surface area contributed by atoms with E-state index in [0.717, 1.165) is 6.07 Å². The molecule has 3 heterocycles. The highest BCUT2D eigenvalue weighted by atomic mass is 19.4. The van der Waals surface area contributed by atoms with Gasteiger partial charge >= 0.3 is 12.1 Å². The van der Waals surface area contributed by atoms with Crippen LogP contribution in [0.1, 0.15) is 26.7 Å². The van der Waals surface area contributed by atoms with E-state index in [1.807, 2.05) is 0 Å². The van der Waals surface area contributed by atoms with Crippen LogP contribution in [0.25, 0.3) is 17.2 Å². The van der Waals surface area contributed by atoms with Crippen LogP contribution in [0.4, 0.5) is 18.9 Å². The number of ether oxygens (including phenoxy) is 1. The number of furan rings is 1. The highest BCUT2D eigenvalue weighted by Gasteiger charge is 2.36. The quantitative estimate of drug-likeness (QED) is 0.493. The second-order valence-corrected chi connectivity index (χ2v) is 6.14. The van der Waals surface area contributed by atoms with Gasteiger partial charge in [-0.05, 0) is 30.3 Å². The Hall–Kier alpha value is -4.22. The molecule has 1 aromatic carbocycles. The smallest absolute Gasteiger partial charge is 0.433 e. The van der Waals surface area contributed by atoms with Crippen LogP contribution in [-0.2, 0) is 10.9 Å². The Morgan fingerprint density at radius 3 is 2.58 bits per heavy atom. The van der Waals surface area contributed by atoms with Crippen molar-refractivity contribution in [3.63, 3.8) is 0 Å². The molecule has 0 fully saturated rings. The van der Waals surface area contributed by atoms with Crippen molar-refractivity contribution in [3.8, 4) is 11.5 Å². The second kappa shape index (κ2) is 7.55. The maximum absolute atomic E-state index is 13.6. The van der Waals surface area contributed by atoms with Gasteiger partial charge in [-0.1, -0.05) is 12.1 Å². The third-order valence-electron chi connectivity index (χ3n) is 4.16. The Balaban J connectivity index is 1.76. The Labute approximate surface area is 171 Å². The van der Waals surface area contributed by atoms with Crippen molar-refractivity contribution in [2.75, 3.05) is 12.4 Å². The summed E-state index contributed by atoms with van der Waals surface area (Å²) >= 11 is 0. The van der Waals surface area contributed by atoms with E-state index >= 15 is 0 Å². The van der Waals surface area contributed by atoms with E-state index in [9.17, 15) is 22.8 Å². The van der Waals surface area contributed by atoms with Gasteiger partial charge in [0.15, 0.2) is 11.5 Å². The van der Waals surface area contributed by atoms with Gasteiger partial charge in [-0.3, -0.25) is 4.79 Å². The van der Waals surface area contributed by atoms with Gasteiger partial charge < -0.3 is 14.5 Å². The standard InChI is InChI=1S/C19H12F3N5O4/c1-30-17(29)10-5-2-3-6-11(10)23-16(28)15-25-18-24-12(13-7-4-8-31-13)9-14(19(20,21)22)27(18)26-15/h2-9H,1H3,(H,23,28). The normalized spacial score (nSPS) is 11.5. The molecule has 31 heavy (non-hydrogen) atoms. The Bertz CT molecular complexity index is 1280. The number of amides is 1. The lowest BCUT2D eigenvalue weighted by atomic mass is 10.2. The van der Waals surface area contributed by atoms with Gasteiger partial charge in [0.2, 0.25) is 5.82 Å². The van der Waals surface area contributed by atoms with Gasteiger partial charge in [-0.2, -0.15) is 22.7 Å². The average molecular weight is 431 g/mol. The van der Waals surface area contributed by atoms with Crippen LogP contribution in [0.15, 0.2) is 53.1 Å². The number of benzene rings is 1. The number of rotatable bonds is 4. The van der Waals surface area contributed by atoms with Crippen molar-refractivity contribution in [3.05, 3.63) is 65.8 Å². The summed E-state index contributed by atoms with van der Waals surface area (Å²) in [4.78, 5) is 32.3. The minimum atomic E-state index is -4.80. The van der Waals surface area contributed by atoms with Crippen LogP contribution in [-0.4, -0.2) is 38.6 Å². The SMILES string of the molecule is COC(=O)c1ccccc1NC(=O)c1nc2nc(-c3ccco3)cc(C(F)(F)F)n2n1. The molecule has 12 heteroatoms. The average Bonchev–Trinajstić information content (AvgIpc) is 3.42. The third-order valence-corrected chi connectivity index (χ3v) is 4.16. The van der Waals surface area contributed by atoms with Gasteiger partial charge in [-0.15, -0.1) is 5.10 Å². The van der Waals surface area contributed by atoms with Crippen molar-refractivity contribution < 1.29 is 31.9 Å². The number of aromatic nitrogens is 4. The number of anilines is 1. The number of nitrogens with one attached hydrogen (secondary N) is 1. The molecule has 0 saturated carbocycles. The van der Waals surface area contributed by atoms with Crippen LogP contribution in [0, 0.1) is 0 Å². The molecule has 0 atom stereocenters. The number of alkyl halides is 3. The number of hydrogen-bond acceptors (Lipinski definition) is 7. The highest BCUT2D eigenvalue weighted by molar-refractivity contribution is 6.06. The number of para-hydroxylation sites is 1. The molecule has 0 unspecified atom stereocenters. The predicted octanol–water partition coefficient (Wildman–Crippen LogP) is 3.44. The monoisotopic (exact) mass is 431 g/mol. The molecule has 0 bridgehead atoms. The first kappa shape index (κ1) is 20.1. The first-order valence-electron chi connectivity index (χ1n) is 8.65. The molecular formula is C19H12F3N5O4. The van der Waals surface area contributed by atoms with E-state index in [2.05, 4.69) is 25.1 Å². The second-order valence-electron chi connectivity index (χ2n) is 6.14. The summed E-state index contributed by atoms with van der Waals surface area (Å²) in [5.74, 6) is -2.58. The van der Waals surface area contributed by atoms with E-state index in [4.69, 9.17) is 4.42 Å². The number of esters is 1. The number of carbonyl (C=O) groups is 2.